The molecule has 3 rings (SSSR count). The third kappa shape index (κ3) is 1.90. The molecule has 0 saturated heterocycles. The van der Waals surface area contributed by atoms with Gasteiger partial charge in [-0.1, -0.05) is 0 Å². The second-order valence-corrected chi connectivity index (χ2v) is 5.03. The Morgan fingerprint density at radius 3 is 2.65 bits per heavy atom. The molecule has 0 amide bonds. The highest BCUT2D eigenvalue weighted by Crippen LogP contribution is 2.35. The minimum absolute atomic E-state index is 0.188. The van der Waals surface area contributed by atoms with Crippen LogP contribution in [-0.2, 0) is 14.1 Å². The van der Waals surface area contributed by atoms with E-state index in [9.17, 15) is 10.1 Å². The predicted molar refractivity (Wildman–Crippen MR) is 70.3 cm³/mol. The number of fused-ring (bicyclic) bond motifs is 1. The Morgan fingerprint density at radius 2 is 1.90 bits per heavy atom. The van der Waals surface area contributed by atoms with Gasteiger partial charge in [0, 0.05) is 14.1 Å². The number of aromatic nitrogens is 6. The molecule has 20 heavy (non-hydrogen) atoms. The van der Waals surface area contributed by atoms with Crippen molar-refractivity contribution >= 4 is 28.7 Å². The zero-order valence-electron chi connectivity index (χ0n) is 10.6. The van der Waals surface area contributed by atoms with E-state index in [0.29, 0.717) is 15.7 Å². The van der Waals surface area contributed by atoms with Gasteiger partial charge in [-0.2, -0.15) is 0 Å². The summed E-state index contributed by atoms with van der Waals surface area (Å²) in [5, 5.41) is 12.0. The molecule has 0 spiro atoms. The van der Waals surface area contributed by atoms with Crippen molar-refractivity contribution in [2.24, 2.45) is 14.1 Å². The lowest BCUT2D eigenvalue weighted by atomic mass is 10.5. The maximum absolute atomic E-state index is 11.0. The second kappa shape index (κ2) is 4.56. The molecule has 3 heterocycles. The average molecular weight is 291 g/mol. The van der Waals surface area contributed by atoms with Gasteiger partial charge in [0.25, 0.3) is 0 Å². The summed E-state index contributed by atoms with van der Waals surface area (Å²) in [5.74, 6) is -0.188. The molecule has 0 atom stereocenters. The lowest BCUT2D eigenvalue weighted by Gasteiger charge is -2.03. The molecule has 0 aliphatic rings. The molecule has 0 aromatic carbocycles. The zero-order valence-corrected chi connectivity index (χ0v) is 11.4. The van der Waals surface area contributed by atoms with E-state index < -0.39 is 4.92 Å². The summed E-state index contributed by atoms with van der Waals surface area (Å²) in [7, 11) is 3.52. The molecular formula is C10H9N7O2S. The molecule has 102 valence electrons. The molecule has 0 unspecified atom stereocenters. The molecule has 0 aliphatic carbocycles. The SMILES string of the molecule is Cn1cnc([N+](=O)[O-])c1Sc1ncnc2ncn(C)c12. The van der Waals surface area contributed by atoms with E-state index in [2.05, 4.69) is 19.9 Å². The minimum atomic E-state index is -0.510. The van der Waals surface area contributed by atoms with Crippen LogP contribution in [0.5, 0.6) is 0 Å². The number of nitrogens with zero attached hydrogens (tertiary/aromatic N) is 7. The van der Waals surface area contributed by atoms with Crippen LogP contribution in [0.4, 0.5) is 5.82 Å². The van der Waals surface area contributed by atoms with Crippen molar-refractivity contribution in [2.75, 3.05) is 0 Å². The van der Waals surface area contributed by atoms with Gasteiger partial charge in [-0.25, -0.2) is 15.0 Å². The van der Waals surface area contributed by atoms with Gasteiger partial charge in [0.05, 0.1) is 6.33 Å². The van der Waals surface area contributed by atoms with Crippen LogP contribution in [0.15, 0.2) is 29.0 Å². The van der Waals surface area contributed by atoms with Crippen LogP contribution in [-0.4, -0.2) is 34.0 Å². The van der Waals surface area contributed by atoms with Crippen molar-refractivity contribution in [1.82, 2.24) is 29.1 Å². The summed E-state index contributed by atoms with van der Waals surface area (Å²) < 4.78 is 3.37. The summed E-state index contributed by atoms with van der Waals surface area (Å²) in [6.45, 7) is 0. The van der Waals surface area contributed by atoms with Crippen LogP contribution < -0.4 is 0 Å². The van der Waals surface area contributed by atoms with E-state index in [1.54, 1.807) is 22.5 Å². The molecule has 3 aromatic heterocycles. The highest BCUT2D eigenvalue weighted by Gasteiger charge is 2.23. The number of rotatable bonds is 3. The summed E-state index contributed by atoms with van der Waals surface area (Å²) in [6, 6.07) is 0. The van der Waals surface area contributed by atoms with Crippen LogP contribution in [0.3, 0.4) is 0 Å². The first-order valence-corrected chi connectivity index (χ1v) is 6.35. The first kappa shape index (κ1) is 12.5. The number of nitro groups is 1. The molecule has 3 aromatic rings. The Bertz CT molecular complexity index is 809. The first-order valence-electron chi connectivity index (χ1n) is 5.53. The van der Waals surface area contributed by atoms with Gasteiger partial charge >= 0.3 is 5.82 Å². The molecule has 10 heteroatoms. The molecule has 9 nitrogen and oxygen atoms in total. The lowest BCUT2D eigenvalue weighted by Crippen LogP contribution is -1.96. The second-order valence-electron chi connectivity index (χ2n) is 4.05. The number of aryl methyl sites for hydroxylation is 2. The van der Waals surface area contributed by atoms with Crippen molar-refractivity contribution in [3.05, 3.63) is 29.1 Å². The van der Waals surface area contributed by atoms with E-state index in [4.69, 9.17) is 0 Å². The third-order valence-corrected chi connectivity index (χ3v) is 3.86. The highest BCUT2D eigenvalue weighted by molar-refractivity contribution is 7.99. The summed E-state index contributed by atoms with van der Waals surface area (Å²) in [5.41, 5.74) is 1.28. The molecule has 0 bridgehead atoms. The topological polar surface area (TPSA) is 105 Å². The molecule has 0 aliphatic heterocycles. The Hall–Kier alpha value is -2.49. The molecule has 0 fully saturated rings. The Morgan fingerprint density at radius 1 is 1.15 bits per heavy atom. The summed E-state index contributed by atoms with van der Waals surface area (Å²) in [4.78, 5) is 26.6. The van der Waals surface area contributed by atoms with E-state index >= 15 is 0 Å². The van der Waals surface area contributed by atoms with Gasteiger partial charge in [0.1, 0.15) is 16.9 Å². The van der Waals surface area contributed by atoms with Crippen LogP contribution >= 0.6 is 11.8 Å². The van der Waals surface area contributed by atoms with Crippen LogP contribution in [0.1, 0.15) is 0 Å². The smallest absolute Gasteiger partial charge is 0.358 e. The van der Waals surface area contributed by atoms with Gasteiger partial charge < -0.3 is 19.2 Å². The standard InChI is InChI=1S/C10H9N7O2S/c1-15-4-13-7-6(15)9(12-3-11-7)20-10-8(17(18)19)14-5-16(10)2/h3-5H,1-2H3. The van der Waals surface area contributed by atoms with E-state index in [1.165, 1.54) is 24.4 Å². The van der Waals surface area contributed by atoms with Gasteiger partial charge in [-0.15, -0.1) is 0 Å². The van der Waals surface area contributed by atoms with Crippen LogP contribution in [0.2, 0.25) is 0 Å². The number of imidazole rings is 2. The first-order chi connectivity index (χ1) is 9.58. The molecule has 0 saturated carbocycles. The van der Waals surface area contributed by atoms with Gasteiger partial charge in [0.15, 0.2) is 10.7 Å². The number of hydrogen-bond donors (Lipinski definition) is 0. The van der Waals surface area contributed by atoms with Gasteiger partial charge in [0.2, 0.25) is 6.33 Å². The van der Waals surface area contributed by atoms with Crippen molar-refractivity contribution < 1.29 is 4.92 Å². The van der Waals surface area contributed by atoms with Crippen molar-refractivity contribution in [1.29, 1.82) is 0 Å². The zero-order chi connectivity index (χ0) is 14.3. The van der Waals surface area contributed by atoms with E-state index in [1.807, 2.05) is 7.05 Å². The van der Waals surface area contributed by atoms with Crippen molar-refractivity contribution in [3.63, 3.8) is 0 Å². The summed E-state index contributed by atoms with van der Waals surface area (Å²) in [6.07, 6.45) is 4.42. The Kier molecular flexibility index (Phi) is 2.86. The maximum Gasteiger partial charge on any atom is 0.396 e. The third-order valence-electron chi connectivity index (χ3n) is 2.71. The Labute approximate surface area is 116 Å². The van der Waals surface area contributed by atoms with Crippen molar-refractivity contribution in [3.8, 4) is 0 Å². The molecular weight excluding hydrogens is 282 g/mol. The Balaban J connectivity index is 2.12. The fourth-order valence-corrected chi connectivity index (χ4v) is 2.80. The number of hydrogen-bond acceptors (Lipinski definition) is 7. The van der Waals surface area contributed by atoms with Gasteiger partial charge in [-0.3, -0.25) is 0 Å². The van der Waals surface area contributed by atoms with E-state index in [0.717, 1.165) is 5.52 Å². The predicted octanol–water partition coefficient (Wildman–Crippen LogP) is 1.16. The maximum atomic E-state index is 11.0. The molecule has 0 N–H and O–H groups in total. The summed E-state index contributed by atoms with van der Waals surface area (Å²) >= 11 is 1.17. The average Bonchev–Trinajstić information content (AvgIpc) is 2.96. The molecule has 0 radical (unpaired) electrons. The highest BCUT2D eigenvalue weighted by atomic mass is 32.2. The van der Waals surface area contributed by atoms with Crippen LogP contribution in [0.25, 0.3) is 11.2 Å². The fraction of sp³-hybridized carbons (Fsp3) is 0.200. The largest absolute Gasteiger partial charge is 0.396 e. The monoisotopic (exact) mass is 291 g/mol. The van der Waals surface area contributed by atoms with Gasteiger partial charge in [-0.05, 0) is 21.7 Å². The normalized spacial score (nSPS) is 11.1. The van der Waals surface area contributed by atoms with Crippen LogP contribution in [0, 0.1) is 10.1 Å². The van der Waals surface area contributed by atoms with Crippen molar-refractivity contribution in [2.45, 2.75) is 10.1 Å². The minimum Gasteiger partial charge on any atom is -0.358 e. The quantitative estimate of drug-likeness (QED) is 0.405. The van der Waals surface area contributed by atoms with E-state index in [-0.39, 0.29) is 5.82 Å². The fourth-order valence-electron chi connectivity index (χ4n) is 1.77. The lowest BCUT2D eigenvalue weighted by molar-refractivity contribution is -0.392.